The molecule has 3 aromatic carbocycles. The summed E-state index contributed by atoms with van der Waals surface area (Å²) in [6, 6.07) is 23.5. The van der Waals surface area contributed by atoms with Gasteiger partial charge in [0.1, 0.15) is 29.7 Å². The number of carbonyl (C=O) groups is 5. The van der Waals surface area contributed by atoms with Crippen molar-refractivity contribution in [2.45, 2.75) is 102 Å². The Kier molecular flexibility index (Phi) is 11.0. The van der Waals surface area contributed by atoms with Gasteiger partial charge in [-0.3, -0.25) is 14.4 Å². The quantitative estimate of drug-likeness (QED) is 0.135. The van der Waals surface area contributed by atoms with E-state index in [9.17, 15) is 34.5 Å². The highest BCUT2D eigenvalue weighted by molar-refractivity contribution is 5.95. The number of aliphatic hydroxyl groups excluding tert-OH is 2. The number of esters is 3. The van der Waals surface area contributed by atoms with Crippen LogP contribution in [-0.2, 0) is 33.3 Å². The van der Waals surface area contributed by atoms with Crippen molar-refractivity contribution in [2.75, 3.05) is 6.61 Å². The number of hydrogen-bond acceptors (Lipinski definition) is 12. The van der Waals surface area contributed by atoms with Crippen molar-refractivity contribution in [1.82, 2.24) is 5.32 Å². The van der Waals surface area contributed by atoms with Gasteiger partial charge in [-0.1, -0.05) is 87.5 Å². The van der Waals surface area contributed by atoms with Crippen LogP contribution in [0.3, 0.4) is 0 Å². The molecule has 3 aliphatic carbocycles. The third-order valence-electron chi connectivity index (χ3n) is 13.5. The third kappa shape index (κ3) is 6.77. The molecule has 0 radical (unpaired) electrons. The monoisotopic (exact) mass is 809 g/mol. The zero-order valence-corrected chi connectivity index (χ0v) is 33.9. The maximum absolute atomic E-state index is 15.2. The molecular weight excluding hydrogens is 759 g/mol. The van der Waals surface area contributed by atoms with Crippen LogP contribution in [0.1, 0.15) is 86.7 Å². The number of ether oxygens (including phenoxy) is 4. The van der Waals surface area contributed by atoms with Gasteiger partial charge in [0.25, 0.3) is 5.91 Å². The number of carbonyl (C=O) groups excluding carboxylic acids is 5. The van der Waals surface area contributed by atoms with Crippen LogP contribution in [0.25, 0.3) is 0 Å². The molecule has 13 nitrogen and oxygen atoms in total. The fourth-order valence-corrected chi connectivity index (χ4v) is 10.4. The second-order valence-corrected chi connectivity index (χ2v) is 17.1. The van der Waals surface area contributed by atoms with Crippen LogP contribution in [0, 0.1) is 22.7 Å². The van der Waals surface area contributed by atoms with E-state index in [1.165, 1.54) is 19.1 Å². The number of nitrogens with one attached hydrogen (secondary N) is 1. The molecular formula is C46H51NO12. The van der Waals surface area contributed by atoms with Crippen molar-refractivity contribution in [1.29, 1.82) is 0 Å². The minimum absolute atomic E-state index is 0.0700. The molecule has 4 aliphatic rings. The molecule has 3 fully saturated rings. The molecule has 2 saturated carbocycles. The average Bonchev–Trinajstić information content (AvgIpc) is 3.21. The first-order chi connectivity index (χ1) is 27.9. The van der Waals surface area contributed by atoms with Crippen LogP contribution in [-0.4, -0.2) is 93.2 Å². The maximum Gasteiger partial charge on any atom is 0.338 e. The summed E-state index contributed by atoms with van der Waals surface area (Å²) in [4.78, 5) is 69.9. The zero-order valence-electron chi connectivity index (χ0n) is 33.9. The molecule has 13 heteroatoms. The number of ketones is 1. The molecule has 3 aromatic rings. The Morgan fingerprint density at radius 2 is 1.46 bits per heavy atom. The Hall–Kier alpha value is -5.21. The molecule has 0 spiro atoms. The van der Waals surface area contributed by atoms with Crippen LogP contribution in [0.2, 0.25) is 0 Å². The molecule has 4 N–H and O–H groups in total. The molecule has 59 heavy (non-hydrogen) atoms. The Labute approximate surface area is 342 Å². The Balaban J connectivity index is 1.34. The predicted molar refractivity (Wildman–Crippen MR) is 211 cm³/mol. The summed E-state index contributed by atoms with van der Waals surface area (Å²) >= 11 is 0. The van der Waals surface area contributed by atoms with E-state index in [4.69, 9.17) is 18.9 Å². The lowest BCUT2D eigenvalue weighted by molar-refractivity contribution is -0.345. The van der Waals surface area contributed by atoms with E-state index in [-0.39, 0.29) is 18.6 Å². The summed E-state index contributed by atoms with van der Waals surface area (Å²) < 4.78 is 24.5. The van der Waals surface area contributed by atoms with E-state index in [1.807, 2.05) is 0 Å². The fourth-order valence-electron chi connectivity index (χ4n) is 10.4. The van der Waals surface area contributed by atoms with Crippen molar-refractivity contribution in [3.8, 4) is 0 Å². The number of amides is 1. The average molecular weight is 810 g/mol. The van der Waals surface area contributed by atoms with E-state index in [0.717, 1.165) is 0 Å². The summed E-state index contributed by atoms with van der Waals surface area (Å²) in [5, 5.41) is 40.0. The number of rotatable bonds is 9. The minimum atomic E-state index is -2.19. The molecule has 1 saturated heterocycles. The Morgan fingerprint density at radius 3 is 2.02 bits per heavy atom. The van der Waals surface area contributed by atoms with Crippen molar-refractivity contribution < 1.29 is 58.2 Å². The zero-order chi connectivity index (χ0) is 42.7. The highest BCUT2D eigenvalue weighted by atomic mass is 16.6. The second-order valence-electron chi connectivity index (χ2n) is 17.1. The van der Waals surface area contributed by atoms with E-state index in [2.05, 4.69) is 5.32 Å². The first kappa shape index (κ1) is 41.9. The van der Waals surface area contributed by atoms with Gasteiger partial charge in [0, 0.05) is 36.7 Å². The van der Waals surface area contributed by atoms with Gasteiger partial charge in [-0.05, 0) is 54.8 Å². The lowest BCUT2D eigenvalue weighted by Gasteiger charge is -2.67. The van der Waals surface area contributed by atoms with E-state index in [0.29, 0.717) is 22.3 Å². The van der Waals surface area contributed by atoms with Crippen molar-refractivity contribution in [3.05, 3.63) is 119 Å². The number of fused-ring (bicyclic) bond motifs is 5. The molecule has 11 atom stereocenters. The number of Topliss-reactive ketones (excluding diaryl/α,β-unsaturated/α-hetero) is 1. The Morgan fingerprint density at radius 1 is 0.881 bits per heavy atom. The minimum Gasteiger partial charge on any atom is -0.456 e. The van der Waals surface area contributed by atoms with Gasteiger partial charge < -0.3 is 39.6 Å². The van der Waals surface area contributed by atoms with Gasteiger partial charge in [0.15, 0.2) is 11.7 Å². The standard InChI is InChI=1S/C46H51NO12/c1-25-31(57-42(54)36(50)35(28-16-10-7-11-17-28)47-40(52)29-18-12-8-13-19-29)23-46(55)39(58-41(53)30-20-14-9-15-21-30)37-44(6,38(51)26(2)34(25)43(46,4)5)32(49)22-33-45(37,24-56-33)59-27(3)48/h7-21,26,31-33,35-37,39,49-50,55H,22-24H2,1-6H3,(H,47,52)/t26-,31+,32+,33-,35+,36-,37+,39+,44?,45+,46-/m1/s1. The van der Waals surface area contributed by atoms with Crippen LogP contribution in [0.5, 0.6) is 0 Å². The first-order valence-electron chi connectivity index (χ1n) is 19.9. The van der Waals surface area contributed by atoms with Gasteiger partial charge in [-0.2, -0.15) is 0 Å². The highest BCUT2D eigenvalue weighted by Gasteiger charge is 2.77. The van der Waals surface area contributed by atoms with Crippen LogP contribution in [0.4, 0.5) is 0 Å². The SMILES string of the molecule is CC(=O)O[C@@]12CO[C@@H]1C[C@H](O)C1(C)C(=O)[C@H](C)C3=C(C)[C@@H](OC(=O)[C@H](O)[C@@H](NC(=O)c4ccccc4)c4ccccc4)C[C@@](O)([C@@H](OC(=O)c4ccccc4)[C@@H]12)C3(C)C. The van der Waals surface area contributed by atoms with Crippen molar-refractivity contribution >= 4 is 29.6 Å². The van der Waals surface area contributed by atoms with E-state index < -0.39 is 106 Å². The molecule has 7 rings (SSSR count). The molecule has 1 heterocycles. The second kappa shape index (κ2) is 15.4. The number of hydrogen-bond donors (Lipinski definition) is 4. The summed E-state index contributed by atoms with van der Waals surface area (Å²) in [5.74, 6) is -6.06. The molecule has 1 aliphatic heterocycles. The fraction of sp³-hybridized carbons (Fsp3) is 0.457. The van der Waals surface area contributed by atoms with Crippen LogP contribution in [0.15, 0.2) is 102 Å². The molecule has 0 aromatic heterocycles. The first-order valence-corrected chi connectivity index (χ1v) is 19.9. The normalized spacial score (nSPS) is 33.0. The topological polar surface area (TPSA) is 195 Å². The van der Waals surface area contributed by atoms with Gasteiger partial charge in [0.2, 0.25) is 0 Å². The molecule has 312 valence electrons. The predicted octanol–water partition coefficient (Wildman–Crippen LogP) is 4.44. The van der Waals surface area contributed by atoms with Gasteiger partial charge in [0.05, 0.1) is 35.6 Å². The molecule has 1 amide bonds. The van der Waals surface area contributed by atoms with Crippen molar-refractivity contribution in [3.63, 3.8) is 0 Å². The highest BCUT2D eigenvalue weighted by Crippen LogP contribution is 2.65. The van der Waals surface area contributed by atoms with Crippen LogP contribution >= 0.6 is 0 Å². The lowest BCUT2D eigenvalue weighted by Crippen LogP contribution is -2.81. The maximum atomic E-state index is 15.2. The van der Waals surface area contributed by atoms with Crippen molar-refractivity contribution in [2.24, 2.45) is 22.7 Å². The van der Waals surface area contributed by atoms with E-state index >= 15 is 4.79 Å². The molecule has 1 unspecified atom stereocenters. The number of benzene rings is 3. The lowest BCUT2D eigenvalue weighted by atomic mass is 9.43. The van der Waals surface area contributed by atoms with Gasteiger partial charge in [-0.25, -0.2) is 9.59 Å². The van der Waals surface area contributed by atoms with E-state index in [1.54, 1.807) is 113 Å². The smallest absolute Gasteiger partial charge is 0.338 e. The van der Waals surface area contributed by atoms with Crippen LogP contribution < -0.4 is 5.32 Å². The van der Waals surface area contributed by atoms with Gasteiger partial charge in [-0.15, -0.1) is 0 Å². The largest absolute Gasteiger partial charge is 0.456 e. The summed E-state index contributed by atoms with van der Waals surface area (Å²) in [6.45, 7) is 9.32. The number of aliphatic hydroxyl groups is 3. The summed E-state index contributed by atoms with van der Waals surface area (Å²) in [7, 11) is 0. The third-order valence-corrected chi connectivity index (χ3v) is 13.5. The summed E-state index contributed by atoms with van der Waals surface area (Å²) in [6.07, 6.45) is -7.67. The summed E-state index contributed by atoms with van der Waals surface area (Å²) in [5.41, 5.74) is -5.28. The Bertz CT molecular complexity index is 2160. The molecule has 2 bridgehead atoms. The van der Waals surface area contributed by atoms with Gasteiger partial charge >= 0.3 is 17.9 Å².